The molecule has 0 saturated heterocycles. The van der Waals surface area contributed by atoms with Gasteiger partial charge in [0.05, 0.1) is 0 Å². The van der Waals surface area contributed by atoms with E-state index in [-0.39, 0.29) is 32.7 Å². The predicted octanol–water partition coefficient (Wildman–Crippen LogP) is 1.90. The minimum atomic E-state index is 0. The SMILES string of the molecule is CCc1[c-]c(C(C)C)nn1C.[Y]. The zero-order valence-corrected chi connectivity index (χ0v) is 11.1. The van der Waals surface area contributed by atoms with Gasteiger partial charge in [0.15, 0.2) is 0 Å². The van der Waals surface area contributed by atoms with E-state index in [1.165, 1.54) is 5.69 Å². The molecule has 0 N–H and O–H groups in total. The normalized spacial score (nSPS) is 10.1. The van der Waals surface area contributed by atoms with Gasteiger partial charge in [-0.05, 0) is 12.3 Å². The summed E-state index contributed by atoms with van der Waals surface area (Å²) in [6.45, 7) is 6.40. The molecule has 0 saturated carbocycles. The van der Waals surface area contributed by atoms with Crippen LogP contribution >= 0.6 is 0 Å². The average molecular weight is 240 g/mol. The summed E-state index contributed by atoms with van der Waals surface area (Å²) in [5.74, 6) is 0.487. The van der Waals surface area contributed by atoms with Crippen molar-refractivity contribution in [2.24, 2.45) is 7.05 Å². The fourth-order valence-electron chi connectivity index (χ4n) is 1.05. The maximum Gasteiger partial charge on any atom is 0.0265 e. The van der Waals surface area contributed by atoms with Crippen molar-refractivity contribution < 1.29 is 32.7 Å². The summed E-state index contributed by atoms with van der Waals surface area (Å²) >= 11 is 0. The van der Waals surface area contributed by atoms with Gasteiger partial charge in [0.2, 0.25) is 0 Å². The Balaban J connectivity index is 0.00000121. The third-order valence-corrected chi connectivity index (χ3v) is 1.80. The molecular weight excluding hydrogens is 225 g/mol. The van der Waals surface area contributed by atoms with Crippen LogP contribution in [0.3, 0.4) is 0 Å². The minimum Gasteiger partial charge on any atom is -0.425 e. The standard InChI is InChI=1S/C9H15N2.Y/c1-5-8-6-9(7(2)3)10-11(8)4;/h7H,5H2,1-4H3;/q-1;. The van der Waals surface area contributed by atoms with Crippen LogP contribution in [0.15, 0.2) is 0 Å². The quantitative estimate of drug-likeness (QED) is 0.722. The summed E-state index contributed by atoms with van der Waals surface area (Å²) in [4.78, 5) is 0. The molecule has 0 aliphatic rings. The van der Waals surface area contributed by atoms with E-state index in [1.54, 1.807) is 0 Å². The Bertz CT molecular complexity index is 241. The smallest absolute Gasteiger partial charge is 0.0265 e. The average Bonchev–Trinajstić information content (AvgIpc) is 2.31. The summed E-state index contributed by atoms with van der Waals surface area (Å²) < 4.78 is 1.91. The van der Waals surface area contributed by atoms with Gasteiger partial charge in [0, 0.05) is 39.8 Å². The molecule has 65 valence electrons. The molecule has 0 unspecified atom stereocenters. The Morgan fingerprint density at radius 1 is 1.50 bits per heavy atom. The third kappa shape index (κ3) is 2.67. The fourth-order valence-corrected chi connectivity index (χ4v) is 1.05. The van der Waals surface area contributed by atoms with Crippen LogP contribution in [0.2, 0.25) is 0 Å². The van der Waals surface area contributed by atoms with Gasteiger partial charge in [-0.1, -0.05) is 20.8 Å². The van der Waals surface area contributed by atoms with E-state index in [1.807, 2.05) is 11.7 Å². The van der Waals surface area contributed by atoms with Gasteiger partial charge < -0.3 is 10.7 Å². The van der Waals surface area contributed by atoms with Crippen LogP contribution in [0.1, 0.15) is 38.1 Å². The molecule has 0 spiro atoms. The number of hydrogen-bond acceptors (Lipinski definition) is 1. The molecule has 12 heavy (non-hydrogen) atoms. The van der Waals surface area contributed by atoms with Crippen molar-refractivity contribution in [1.29, 1.82) is 0 Å². The molecule has 0 bridgehead atoms. The second-order valence-electron chi connectivity index (χ2n) is 3.09. The first-order valence-corrected chi connectivity index (χ1v) is 4.10. The predicted molar refractivity (Wildman–Crippen MR) is 45.5 cm³/mol. The summed E-state index contributed by atoms with van der Waals surface area (Å²) in [7, 11) is 1.97. The molecule has 0 atom stereocenters. The van der Waals surface area contributed by atoms with Crippen LogP contribution in [-0.4, -0.2) is 9.78 Å². The van der Waals surface area contributed by atoms with E-state index in [2.05, 4.69) is 31.9 Å². The van der Waals surface area contributed by atoms with E-state index in [9.17, 15) is 0 Å². The van der Waals surface area contributed by atoms with Crippen molar-refractivity contribution in [3.8, 4) is 0 Å². The first-order valence-electron chi connectivity index (χ1n) is 4.10. The molecule has 1 heterocycles. The molecule has 0 fully saturated rings. The van der Waals surface area contributed by atoms with Gasteiger partial charge in [-0.3, -0.25) is 0 Å². The number of nitrogens with zero attached hydrogens (tertiary/aromatic N) is 2. The van der Waals surface area contributed by atoms with Crippen LogP contribution < -0.4 is 0 Å². The largest absolute Gasteiger partial charge is 0.425 e. The molecule has 0 aromatic carbocycles. The minimum absolute atomic E-state index is 0. The Labute approximate surface area is 99.6 Å². The Morgan fingerprint density at radius 3 is 2.33 bits per heavy atom. The van der Waals surface area contributed by atoms with Crippen LogP contribution in [-0.2, 0) is 46.2 Å². The topological polar surface area (TPSA) is 17.8 Å². The monoisotopic (exact) mass is 240 g/mol. The Hall–Kier alpha value is 0.314. The zero-order chi connectivity index (χ0) is 8.43. The molecule has 1 aromatic rings. The van der Waals surface area contributed by atoms with E-state index in [0.29, 0.717) is 5.92 Å². The fraction of sp³-hybridized carbons (Fsp3) is 0.667. The molecular formula is C9H15N2Y-. The van der Waals surface area contributed by atoms with Crippen LogP contribution in [0.4, 0.5) is 0 Å². The molecule has 1 radical (unpaired) electrons. The molecule has 0 aliphatic heterocycles. The van der Waals surface area contributed by atoms with Crippen LogP contribution in [0, 0.1) is 6.07 Å². The van der Waals surface area contributed by atoms with Gasteiger partial charge >= 0.3 is 0 Å². The zero-order valence-electron chi connectivity index (χ0n) is 8.26. The van der Waals surface area contributed by atoms with Crippen molar-refractivity contribution in [3.05, 3.63) is 17.5 Å². The van der Waals surface area contributed by atoms with Gasteiger partial charge in [0.1, 0.15) is 0 Å². The Morgan fingerprint density at radius 2 is 2.08 bits per heavy atom. The van der Waals surface area contributed by atoms with E-state index in [4.69, 9.17) is 0 Å². The first kappa shape index (κ1) is 12.3. The van der Waals surface area contributed by atoms with E-state index < -0.39 is 0 Å². The van der Waals surface area contributed by atoms with Gasteiger partial charge in [-0.2, -0.15) is 0 Å². The summed E-state index contributed by atoms with van der Waals surface area (Å²) in [5.41, 5.74) is 2.26. The number of aryl methyl sites for hydroxylation is 2. The number of rotatable bonds is 2. The Kier molecular flexibility index (Phi) is 5.27. The van der Waals surface area contributed by atoms with E-state index >= 15 is 0 Å². The van der Waals surface area contributed by atoms with Crippen molar-refractivity contribution in [2.75, 3.05) is 0 Å². The van der Waals surface area contributed by atoms with Gasteiger partial charge in [0.25, 0.3) is 0 Å². The van der Waals surface area contributed by atoms with Crippen LogP contribution in [0.5, 0.6) is 0 Å². The summed E-state index contributed by atoms with van der Waals surface area (Å²) in [6.07, 6.45) is 1.01. The molecule has 1 rings (SSSR count). The maximum absolute atomic E-state index is 4.34. The number of hydrogen-bond donors (Lipinski definition) is 0. The van der Waals surface area contributed by atoms with Crippen molar-refractivity contribution >= 4 is 0 Å². The molecule has 2 nitrogen and oxygen atoms in total. The first-order chi connectivity index (χ1) is 5.15. The third-order valence-electron chi connectivity index (χ3n) is 1.80. The van der Waals surface area contributed by atoms with E-state index in [0.717, 1.165) is 12.1 Å². The van der Waals surface area contributed by atoms with Crippen molar-refractivity contribution in [2.45, 2.75) is 33.1 Å². The summed E-state index contributed by atoms with van der Waals surface area (Å²) in [6, 6.07) is 3.28. The second-order valence-corrected chi connectivity index (χ2v) is 3.09. The molecule has 1 aromatic heterocycles. The van der Waals surface area contributed by atoms with Crippen molar-refractivity contribution in [3.63, 3.8) is 0 Å². The van der Waals surface area contributed by atoms with Crippen LogP contribution in [0.25, 0.3) is 0 Å². The molecule has 0 aliphatic carbocycles. The van der Waals surface area contributed by atoms with Crippen molar-refractivity contribution in [1.82, 2.24) is 9.78 Å². The van der Waals surface area contributed by atoms with Gasteiger partial charge in [-0.25, -0.2) is 5.10 Å². The number of aromatic nitrogens is 2. The molecule has 3 heteroatoms. The maximum atomic E-state index is 4.34. The second kappa shape index (κ2) is 5.13. The van der Waals surface area contributed by atoms with Gasteiger partial charge in [-0.15, -0.1) is 11.4 Å². The summed E-state index contributed by atoms with van der Waals surface area (Å²) in [5, 5.41) is 4.34. The molecule has 0 amide bonds.